The van der Waals surface area contributed by atoms with Crippen molar-refractivity contribution in [3.05, 3.63) is 77.6 Å². The fraction of sp³-hybridized carbons (Fsp3) is 0.0455. The molecule has 0 saturated heterocycles. The zero-order valence-electron chi connectivity index (χ0n) is 16.0. The molecule has 0 spiro atoms. The smallest absolute Gasteiger partial charge is 0.286 e. The average molecular weight is 401 g/mol. The summed E-state index contributed by atoms with van der Waals surface area (Å²) in [6.07, 6.45) is 1.66. The van der Waals surface area contributed by atoms with Crippen LogP contribution in [0.25, 0.3) is 27.5 Å². The number of carboxylic acid groups (broad SMARTS) is 1. The van der Waals surface area contributed by atoms with Crippen molar-refractivity contribution in [3.63, 3.8) is 0 Å². The van der Waals surface area contributed by atoms with E-state index in [9.17, 15) is 19.5 Å². The number of nitrogens with one attached hydrogen (secondary N) is 4. The summed E-state index contributed by atoms with van der Waals surface area (Å²) in [6.45, 7) is 5.41. The molecule has 2 heterocycles. The quantitative estimate of drug-likeness (QED) is 0.290. The topological polar surface area (TPSA) is 130 Å². The minimum absolute atomic E-state index is 0.0231. The summed E-state index contributed by atoms with van der Waals surface area (Å²) in [5.41, 5.74) is 8.26. The predicted molar refractivity (Wildman–Crippen MR) is 111 cm³/mol. The van der Waals surface area contributed by atoms with Crippen LogP contribution in [0.5, 0.6) is 0 Å². The van der Waals surface area contributed by atoms with Gasteiger partial charge in [-0.2, -0.15) is 0 Å². The molecule has 150 valence electrons. The van der Waals surface area contributed by atoms with Gasteiger partial charge in [0.15, 0.2) is 5.78 Å². The van der Waals surface area contributed by atoms with Gasteiger partial charge in [-0.15, -0.1) is 0 Å². The standard InChI is InChI=1S/C22H18N4O4/c1-11(13-6-7-18-16(8-13)17(10-23-18)12(2)27)25-26-21(28)19-9-14-4-3-5-15(22(29)30)20(14)24-19/h3-10,23-25H,1H2,2H3,(H,26,28)(H,29,30)/p-1. The monoisotopic (exact) mass is 401 g/mol. The number of hydrogen-bond acceptors (Lipinski definition) is 5. The lowest BCUT2D eigenvalue weighted by molar-refractivity contribution is -0.254. The third kappa shape index (κ3) is 3.30. The SMILES string of the molecule is C=C(NNC(=O)c1cc2cccc(C(=O)[O-])c2[nH]1)c1ccc2[nH]cc(C(C)=O)c2c1. The molecular weight excluding hydrogens is 384 g/mol. The van der Waals surface area contributed by atoms with Crippen molar-refractivity contribution >= 4 is 45.2 Å². The molecule has 0 unspecified atom stereocenters. The first-order valence-electron chi connectivity index (χ1n) is 9.06. The number of hydrazine groups is 1. The fourth-order valence-electron chi connectivity index (χ4n) is 3.32. The van der Waals surface area contributed by atoms with E-state index in [2.05, 4.69) is 27.4 Å². The number of para-hydroxylation sites is 1. The van der Waals surface area contributed by atoms with Crippen LogP contribution >= 0.6 is 0 Å². The fourth-order valence-corrected chi connectivity index (χ4v) is 3.32. The van der Waals surface area contributed by atoms with Crippen molar-refractivity contribution in [3.8, 4) is 0 Å². The molecule has 8 nitrogen and oxygen atoms in total. The van der Waals surface area contributed by atoms with Crippen molar-refractivity contribution in [2.75, 3.05) is 0 Å². The van der Waals surface area contributed by atoms with Crippen LogP contribution < -0.4 is 16.0 Å². The first-order chi connectivity index (χ1) is 14.3. The number of ketones is 1. The van der Waals surface area contributed by atoms with Crippen LogP contribution in [0.1, 0.15) is 43.7 Å². The number of aromatic amines is 2. The van der Waals surface area contributed by atoms with Crippen LogP contribution in [-0.4, -0.2) is 27.6 Å². The van der Waals surface area contributed by atoms with Crippen LogP contribution in [0.15, 0.2) is 55.2 Å². The molecule has 2 aromatic carbocycles. The minimum atomic E-state index is -1.33. The van der Waals surface area contributed by atoms with E-state index in [1.54, 1.807) is 36.5 Å². The Balaban J connectivity index is 1.52. The molecular formula is C22H17N4O4-. The molecule has 4 aromatic rings. The van der Waals surface area contributed by atoms with Crippen LogP contribution in [0.3, 0.4) is 0 Å². The van der Waals surface area contributed by atoms with Crippen molar-refractivity contribution in [1.29, 1.82) is 0 Å². The first-order valence-corrected chi connectivity index (χ1v) is 9.06. The van der Waals surface area contributed by atoms with Gasteiger partial charge >= 0.3 is 0 Å². The highest BCUT2D eigenvalue weighted by Crippen LogP contribution is 2.23. The van der Waals surface area contributed by atoms with Gasteiger partial charge < -0.3 is 19.9 Å². The first kappa shape index (κ1) is 19.0. The molecule has 0 bridgehead atoms. The Morgan fingerprint density at radius 1 is 1.03 bits per heavy atom. The summed E-state index contributed by atoms with van der Waals surface area (Å²) in [5.74, 6) is -1.88. The summed E-state index contributed by atoms with van der Waals surface area (Å²) in [5, 5.41) is 12.6. The molecule has 8 heteroatoms. The van der Waals surface area contributed by atoms with Gasteiger partial charge in [0.05, 0.1) is 17.2 Å². The van der Waals surface area contributed by atoms with E-state index in [1.165, 1.54) is 13.0 Å². The largest absolute Gasteiger partial charge is 0.545 e. The van der Waals surface area contributed by atoms with Crippen molar-refractivity contribution in [2.24, 2.45) is 0 Å². The molecule has 30 heavy (non-hydrogen) atoms. The number of carbonyl (C=O) groups excluding carboxylic acids is 3. The Bertz CT molecular complexity index is 1330. The predicted octanol–water partition coefficient (Wildman–Crippen LogP) is 2.12. The summed E-state index contributed by atoms with van der Waals surface area (Å²) >= 11 is 0. The Kier molecular flexibility index (Phi) is 4.59. The minimum Gasteiger partial charge on any atom is -0.545 e. The number of fused-ring (bicyclic) bond motifs is 2. The third-order valence-electron chi connectivity index (χ3n) is 4.86. The highest BCUT2D eigenvalue weighted by molar-refractivity contribution is 6.07. The number of benzene rings is 2. The Hall–Kier alpha value is -4.33. The molecule has 1 amide bonds. The number of amides is 1. The van der Waals surface area contributed by atoms with Gasteiger partial charge in [-0.05, 0) is 30.7 Å². The molecule has 0 atom stereocenters. The summed E-state index contributed by atoms with van der Waals surface area (Å²) < 4.78 is 0. The Morgan fingerprint density at radius 3 is 2.57 bits per heavy atom. The van der Waals surface area contributed by atoms with Crippen LogP contribution in [0.4, 0.5) is 0 Å². The molecule has 4 rings (SSSR count). The van der Waals surface area contributed by atoms with E-state index in [1.807, 2.05) is 6.07 Å². The second-order valence-corrected chi connectivity index (χ2v) is 6.82. The van der Waals surface area contributed by atoms with E-state index in [0.717, 1.165) is 10.9 Å². The number of hydrogen-bond donors (Lipinski definition) is 4. The summed E-state index contributed by atoms with van der Waals surface area (Å²) in [4.78, 5) is 41.3. The molecule has 0 aliphatic carbocycles. The van der Waals surface area contributed by atoms with E-state index in [0.29, 0.717) is 27.7 Å². The number of H-pyrrole nitrogens is 2. The number of carbonyl (C=O) groups is 3. The van der Waals surface area contributed by atoms with E-state index in [-0.39, 0.29) is 17.0 Å². The lowest BCUT2D eigenvalue weighted by Crippen LogP contribution is -2.36. The molecule has 0 aliphatic rings. The van der Waals surface area contributed by atoms with Crippen LogP contribution in [-0.2, 0) is 0 Å². The maximum Gasteiger partial charge on any atom is 0.286 e. The average Bonchev–Trinajstić information content (AvgIpc) is 3.34. The highest BCUT2D eigenvalue weighted by atomic mass is 16.4. The summed E-state index contributed by atoms with van der Waals surface area (Å²) in [7, 11) is 0. The van der Waals surface area contributed by atoms with E-state index >= 15 is 0 Å². The maximum absolute atomic E-state index is 12.5. The lowest BCUT2D eigenvalue weighted by Gasteiger charge is -2.11. The Morgan fingerprint density at radius 2 is 1.83 bits per heavy atom. The summed E-state index contributed by atoms with van der Waals surface area (Å²) in [6, 6.07) is 11.7. The van der Waals surface area contributed by atoms with Crippen molar-refractivity contribution in [1.82, 2.24) is 20.8 Å². The van der Waals surface area contributed by atoms with Gasteiger partial charge in [0.2, 0.25) is 0 Å². The van der Waals surface area contributed by atoms with Gasteiger partial charge in [-0.3, -0.25) is 20.4 Å². The zero-order chi connectivity index (χ0) is 21.4. The molecule has 0 fully saturated rings. The van der Waals surface area contributed by atoms with E-state index in [4.69, 9.17) is 0 Å². The number of Topliss-reactive ketones (excluding diaryl/α,β-unsaturated/α-hetero) is 1. The maximum atomic E-state index is 12.5. The van der Waals surface area contributed by atoms with Gasteiger partial charge in [-0.25, -0.2) is 0 Å². The number of carboxylic acids is 1. The molecule has 4 N–H and O–H groups in total. The highest BCUT2D eigenvalue weighted by Gasteiger charge is 2.13. The molecule has 0 saturated carbocycles. The van der Waals surface area contributed by atoms with Crippen molar-refractivity contribution < 1.29 is 19.5 Å². The number of aromatic nitrogens is 2. The number of rotatable bonds is 6. The third-order valence-corrected chi connectivity index (χ3v) is 4.86. The molecule has 0 radical (unpaired) electrons. The van der Waals surface area contributed by atoms with Crippen LogP contribution in [0.2, 0.25) is 0 Å². The zero-order valence-corrected chi connectivity index (χ0v) is 16.0. The van der Waals surface area contributed by atoms with Crippen molar-refractivity contribution in [2.45, 2.75) is 6.92 Å². The van der Waals surface area contributed by atoms with Gasteiger partial charge in [-0.1, -0.05) is 30.8 Å². The lowest BCUT2D eigenvalue weighted by atomic mass is 10.1. The Labute approximate surface area is 170 Å². The van der Waals surface area contributed by atoms with Gasteiger partial charge in [0.25, 0.3) is 5.91 Å². The van der Waals surface area contributed by atoms with Gasteiger partial charge in [0.1, 0.15) is 5.69 Å². The van der Waals surface area contributed by atoms with Gasteiger partial charge in [0, 0.05) is 33.6 Å². The molecule has 0 aliphatic heterocycles. The van der Waals surface area contributed by atoms with Crippen LogP contribution in [0, 0.1) is 0 Å². The normalized spacial score (nSPS) is 10.8. The molecule has 2 aromatic heterocycles. The van der Waals surface area contributed by atoms with E-state index < -0.39 is 11.9 Å². The second kappa shape index (κ2) is 7.25. The number of aromatic carboxylic acids is 1. The second-order valence-electron chi connectivity index (χ2n) is 6.82.